The fraction of sp³-hybridized carbons (Fsp3) is 0.625. The van der Waals surface area contributed by atoms with Crippen molar-refractivity contribution in [3.63, 3.8) is 0 Å². The molecule has 0 radical (unpaired) electrons. The van der Waals surface area contributed by atoms with Crippen LogP contribution in [0.4, 0.5) is 0 Å². The van der Waals surface area contributed by atoms with Crippen LogP contribution in [-0.4, -0.2) is 18.2 Å². The van der Waals surface area contributed by atoms with E-state index in [1.807, 2.05) is 6.92 Å². The molecule has 78 valence electrons. The van der Waals surface area contributed by atoms with Crippen molar-refractivity contribution in [3.05, 3.63) is 11.8 Å². The van der Waals surface area contributed by atoms with Gasteiger partial charge in [-0.25, -0.2) is 8.42 Å². The van der Waals surface area contributed by atoms with Gasteiger partial charge in [0.25, 0.3) is 9.05 Å². The van der Waals surface area contributed by atoms with Crippen LogP contribution in [0.5, 0.6) is 0 Å². The highest BCUT2D eigenvalue weighted by Gasteiger charge is 2.29. The molecule has 14 heavy (non-hydrogen) atoms. The Hall–Kier alpha value is -0.550. The van der Waals surface area contributed by atoms with E-state index in [9.17, 15) is 8.42 Å². The molecule has 0 spiro atoms. The predicted octanol–water partition coefficient (Wildman–Crippen LogP) is 1.71. The largest absolute Gasteiger partial charge is 0.278 e. The summed E-state index contributed by atoms with van der Waals surface area (Å²) in [5, 5.41) is 4.32. The average molecular weight is 235 g/mol. The monoisotopic (exact) mass is 234 g/mol. The Bertz CT molecular complexity index is 448. The molecule has 4 nitrogen and oxygen atoms in total. The lowest BCUT2D eigenvalue weighted by molar-refractivity contribution is 0.561. The van der Waals surface area contributed by atoms with E-state index < -0.39 is 9.05 Å². The predicted molar refractivity (Wildman–Crippen MR) is 52.9 cm³/mol. The highest BCUT2D eigenvalue weighted by Crippen LogP contribution is 2.40. The van der Waals surface area contributed by atoms with Crippen LogP contribution >= 0.6 is 10.7 Å². The molecule has 2 rings (SSSR count). The highest BCUT2D eigenvalue weighted by atomic mass is 35.7. The van der Waals surface area contributed by atoms with Gasteiger partial charge in [-0.3, -0.25) is 4.68 Å². The third-order valence-corrected chi connectivity index (χ3v) is 3.61. The van der Waals surface area contributed by atoms with E-state index in [2.05, 4.69) is 5.10 Å². The van der Waals surface area contributed by atoms with E-state index in [1.165, 1.54) is 4.68 Å². The molecule has 0 bridgehead atoms. The van der Waals surface area contributed by atoms with Crippen molar-refractivity contribution in [2.45, 2.75) is 37.3 Å². The fourth-order valence-electron chi connectivity index (χ4n) is 1.42. The average Bonchev–Trinajstić information content (AvgIpc) is 2.83. The Morgan fingerprint density at radius 3 is 2.64 bits per heavy atom. The molecule has 1 saturated carbocycles. The standard InChI is InChI=1S/C8H11ClN2O2S/c1-2-11-8(14(9,12)13)5-7(10-11)6-3-4-6/h5-6H,2-4H2,1H3. The summed E-state index contributed by atoms with van der Waals surface area (Å²) in [7, 11) is 1.63. The molecule has 1 aromatic rings. The van der Waals surface area contributed by atoms with Crippen molar-refractivity contribution in [2.75, 3.05) is 0 Å². The molecule has 0 N–H and O–H groups in total. The molecule has 0 unspecified atom stereocenters. The summed E-state index contributed by atoms with van der Waals surface area (Å²) in [6.45, 7) is 2.36. The number of rotatable bonds is 3. The third kappa shape index (κ3) is 1.79. The minimum atomic E-state index is -3.66. The topological polar surface area (TPSA) is 52.0 Å². The number of halogens is 1. The first kappa shape index (κ1) is 9.98. The fourth-order valence-corrected chi connectivity index (χ4v) is 2.48. The highest BCUT2D eigenvalue weighted by molar-refractivity contribution is 8.13. The van der Waals surface area contributed by atoms with Crippen molar-refractivity contribution < 1.29 is 8.42 Å². The number of hydrogen-bond acceptors (Lipinski definition) is 3. The van der Waals surface area contributed by atoms with Crippen LogP contribution in [0.1, 0.15) is 31.4 Å². The first-order valence-electron chi connectivity index (χ1n) is 4.54. The zero-order valence-electron chi connectivity index (χ0n) is 7.77. The van der Waals surface area contributed by atoms with Gasteiger partial charge < -0.3 is 0 Å². The van der Waals surface area contributed by atoms with Gasteiger partial charge in [0.2, 0.25) is 0 Å². The van der Waals surface area contributed by atoms with E-state index in [1.54, 1.807) is 6.07 Å². The molecule has 0 aliphatic heterocycles. The smallest absolute Gasteiger partial charge is 0.253 e. The Balaban J connectivity index is 2.47. The van der Waals surface area contributed by atoms with Gasteiger partial charge >= 0.3 is 0 Å². The van der Waals surface area contributed by atoms with E-state index >= 15 is 0 Å². The Kier molecular flexibility index (Phi) is 2.31. The third-order valence-electron chi connectivity index (χ3n) is 2.31. The minimum Gasteiger partial charge on any atom is -0.253 e. The van der Waals surface area contributed by atoms with E-state index in [0.717, 1.165) is 18.5 Å². The van der Waals surface area contributed by atoms with E-state index in [4.69, 9.17) is 10.7 Å². The van der Waals surface area contributed by atoms with Gasteiger partial charge in [0.15, 0.2) is 5.03 Å². The summed E-state index contributed by atoms with van der Waals surface area (Å²) in [5.74, 6) is 0.444. The van der Waals surface area contributed by atoms with Gasteiger partial charge in [-0.15, -0.1) is 0 Å². The Labute approximate surface area is 87.3 Å². The maximum absolute atomic E-state index is 11.2. The first-order chi connectivity index (χ1) is 6.52. The van der Waals surface area contributed by atoms with Gasteiger partial charge in [0.1, 0.15) is 0 Å². The summed E-state index contributed by atoms with van der Waals surface area (Å²) in [6.07, 6.45) is 2.20. The lowest BCUT2D eigenvalue weighted by Crippen LogP contribution is -2.04. The number of hydrogen-bond donors (Lipinski definition) is 0. The van der Waals surface area contributed by atoms with Crippen molar-refractivity contribution in [1.29, 1.82) is 0 Å². The maximum atomic E-state index is 11.2. The Morgan fingerprint density at radius 1 is 1.64 bits per heavy atom. The molecule has 1 aliphatic rings. The minimum absolute atomic E-state index is 0.114. The SMILES string of the molecule is CCn1nc(C2CC2)cc1S(=O)(=O)Cl. The van der Waals surface area contributed by atoms with Crippen LogP contribution < -0.4 is 0 Å². The molecule has 1 aliphatic carbocycles. The molecule has 1 aromatic heterocycles. The molecule has 6 heteroatoms. The van der Waals surface area contributed by atoms with Crippen molar-refractivity contribution in [3.8, 4) is 0 Å². The van der Waals surface area contributed by atoms with Crippen LogP contribution in [0.15, 0.2) is 11.1 Å². The van der Waals surface area contributed by atoms with E-state index in [0.29, 0.717) is 12.5 Å². The summed E-state index contributed by atoms with van der Waals surface area (Å²) in [5.41, 5.74) is 0.853. The van der Waals surface area contributed by atoms with Crippen molar-refractivity contribution in [1.82, 2.24) is 9.78 Å². The maximum Gasteiger partial charge on any atom is 0.278 e. The first-order valence-corrected chi connectivity index (χ1v) is 6.85. The summed E-state index contributed by atoms with van der Waals surface area (Å²) >= 11 is 0. The van der Waals surface area contributed by atoms with Gasteiger partial charge in [-0.05, 0) is 25.8 Å². The molecule has 1 heterocycles. The zero-order chi connectivity index (χ0) is 10.3. The molecular weight excluding hydrogens is 224 g/mol. The van der Waals surface area contributed by atoms with Crippen LogP contribution in [0.2, 0.25) is 0 Å². The lowest BCUT2D eigenvalue weighted by Gasteiger charge is -1.98. The van der Waals surface area contributed by atoms with Gasteiger partial charge in [0.05, 0.1) is 5.69 Å². The molecule has 0 saturated heterocycles. The summed E-state index contributed by atoms with van der Waals surface area (Å²) in [4.78, 5) is 0. The van der Waals surface area contributed by atoms with E-state index in [-0.39, 0.29) is 5.03 Å². The summed E-state index contributed by atoms with van der Waals surface area (Å²) in [6, 6.07) is 1.59. The molecular formula is C8H11ClN2O2S. The normalized spacial score (nSPS) is 17.3. The van der Waals surface area contributed by atoms with Gasteiger partial charge in [0, 0.05) is 23.1 Å². The van der Waals surface area contributed by atoms with Crippen molar-refractivity contribution >= 4 is 19.7 Å². The van der Waals surface area contributed by atoms with Gasteiger partial charge in [-0.2, -0.15) is 5.10 Å². The number of aryl methyl sites for hydroxylation is 1. The quantitative estimate of drug-likeness (QED) is 0.749. The number of aromatic nitrogens is 2. The van der Waals surface area contributed by atoms with Crippen LogP contribution in [-0.2, 0) is 15.6 Å². The second-order valence-corrected chi connectivity index (χ2v) is 5.95. The lowest BCUT2D eigenvalue weighted by atomic mass is 10.3. The molecule has 0 amide bonds. The summed E-state index contributed by atoms with van der Waals surface area (Å²) < 4.78 is 23.8. The second kappa shape index (κ2) is 3.24. The van der Waals surface area contributed by atoms with Crippen molar-refractivity contribution in [2.24, 2.45) is 0 Å². The van der Waals surface area contributed by atoms with Crippen LogP contribution in [0.3, 0.4) is 0 Å². The second-order valence-electron chi connectivity index (χ2n) is 3.44. The molecule has 0 aromatic carbocycles. The van der Waals surface area contributed by atoms with Crippen LogP contribution in [0.25, 0.3) is 0 Å². The van der Waals surface area contributed by atoms with Gasteiger partial charge in [-0.1, -0.05) is 0 Å². The molecule has 1 fully saturated rings. The Morgan fingerprint density at radius 2 is 2.29 bits per heavy atom. The number of nitrogens with zero attached hydrogens (tertiary/aromatic N) is 2. The molecule has 0 atom stereocenters. The van der Waals surface area contributed by atoms with Crippen LogP contribution in [0, 0.1) is 0 Å². The zero-order valence-corrected chi connectivity index (χ0v) is 9.35.